The first-order chi connectivity index (χ1) is 24.8. The third kappa shape index (κ3) is 4.16. The third-order valence-electron chi connectivity index (χ3n) is 10.4. The average molecular weight is 669 g/mol. The van der Waals surface area contributed by atoms with Gasteiger partial charge in [-0.1, -0.05) is 146 Å². The maximum absolute atomic E-state index is 2.41. The molecule has 0 fully saturated rings. The zero-order valence-corrected chi connectivity index (χ0v) is 28.6. The van der Waals surface area contributed by atoms with Crippen molar-refractivity contribution >= 4 is 95.3 Å². The molecule has 11 rings (SSSR count). The van der Waals surface area contributed by atoms with E-state index in [0.29, 0.717) is 0 Å². The van der Waals surface area contributed by atoms with Crippen molar-refractivity contribution in [1.82, 2.24) is 0 Å². The summed E-state index contributed by atoms with van der Waals surface area (Å²) >= 11 is 3.85. The normalized spacial score (nSPS) is 12.0. The Kier molecular flexibility index (Phi) is 6.09. The molecule has 0 nitrogen and oxygen atoms in total. The van der Waals surface area contributed by atoms with Crippen LogP contribution in [-0.2, 0) is 0 Å². The lowest BCUT2D eigenvalue weighted by Gasteiger charge is -2.18. The first-order valence-corrected chi connectivity index (χ1v) is 18.7. The molecule has 2 aromatic heterocycles. The van der Waals surface area contributed by atoms with Crippen molar-refractivity contribution in [3.05, 3.63) is 170 Å². The number of fused-ring (bicyclic) bond motifs is 10. The molecule has 232 valence electrons. The van der Waals surface area contributed by atoms with Gasteiger partial charge >= 0.3 is 0 Å². The van der Waals surface area contributed by atoms with E-state index in [4.69, 9.17) is 0 Å². The van der Waals surface area contributed by atoms with E-state index < -0.39 is 0 Å². The van der Waals surface area contributed by atoms with Crippen molar-refractivity contribution in [2.24, 2.45) is 0 Å². The Bertz CT molecular complexity index is 3070. The molecule has 0 amide bonds. The van der Waals surface area contributed by atoms with Crippen LogP contribution >= 0.6 is 22.7 Å². The zero-order valence-electron chi connectivity index (χ0n) is 27.0. The number of hydrogen-bond donors (Lipinski definition) is 0. The third-order valence-corrected chi connectivity index (χ3v) is 13.0. The summed E-state index contributed by atoms with van der Waals surface area (Å²) in [5.74, 6) is 0. The summed E-state index contributed by atoms with van der Waals surface area (Å²) < 4.78 is 5.53. The van der Waals surface area contributed by atoms with Crippen molar-refractivity contribution in [1.29, 1.82) is 0 Å². The van der Waals surface area contributed by atoms with Crippen molar-refractivity contribution in [3.8, 4) is 33.4 Å². The van der Waals surface area contributed by atoms with Crippen LogP contribution in [0.1, 0.15) is 0 Å². The Balaban J connectivity index is 1.03. The minimum atomic E-state index is 1.23. The summed E-state index contributed by atoms with van der Waals surface area (Å²) in [6.07, 6.45) is 0. The molecule has 50 heavy (non-hydrogen) atoms. The van der Waals surface area contributed by atoms with Gasteiger partial charge in [-0.05, 0) is 90.0 Å². The first kappa shape index (κ1) is 28.1. The molecule has 0 saturated heterocycles. The van der Waals surface area contributed by atoms with Crippen LogP contribution in [0.4, 0.5) is 0 Å². The molecule has 0 aliphatic carbocycles. The second-order valence-electron chi connectivity index (χ2n) is 13.2. The fourth-order valence-electron chi connectivity index (χ4n) is 8.12. The smallest absolute Gasteiger partial charge is 0.0534 e. The lowest BCUT2D eigenvalue weighted by atomic mass is 9.85. The minimum absolute atomic E-state index is 1.23. The lowest BCUT2D eigenvalue weighted by molar-refractivity contribution is 1.63. The van der Waals surface area contributed by atoms with E-state index in [1.165, 1.54) is 106 Å². The van der Waals surface area contributed by atoms with Gasteiger partial charge in [0.2, 0.25) is 0 Å². The van der Waals surface area contributed by atoms with E-state index in [2.05, 4.69) is 170 Å². The van der Waals surface area contributed by atoms with E-state index >= 15 is 0 Å². The van der Waals surface area contributed by atoms with Crippen LogP contribution in [0.15, 0.2) is 170 Å². The molecule has 0 saturated carbocycles. The van der Waals surface area contributed by atoms with Gasteiger partial charge in [0.05, 0.1) is 9.40 Å². The predicted molar refractivity (Wildman–Crippen MR) is 221 cm³/mol. The quantitative estimate of drug-likeness (QED) is 0.164. The van der Waals surface area contributed by atoms with Gasteiger partial charge in [0.15, 0.2) is 0 Å². The fraction of sp³-hybridized carbons (Fsp3) is 0. The molecule has 2 heteroatoms. The molecular formula is C48H28S2. The zero-order chi connectivity index (χ0) is 32.8. The van der Waals surface area contributed by atoms with Gasteiger partial charge < -0.3 is 0 Å². The highest BCUT2D eigenvalue weighted by Crippen LogP contribution is 2.46. The number of rotatable bonds is 3. The van der Waals surface area contributed by atoms with E-state index in [1.54, 1.807) is 0 Å². The predicted octanol–water partition coefficient (Wildman–Crippen LogP) is 14.9. The van der Waals surface area contributed by atoms with E-state index in [9.17, 15) is 0 Å². The van der Waals surface area contributed by atoms with Gasteiger partial charge in [0.25, 0.3) is 0 Å². The molecule has 0 aliphatic heterocycles. The molecule has 0 radical (unpaired) electrons. The number of hydrogen-bond acceptors (Lipinski definition) is 2. The Hall–Kier alpha value is -5.80. The number of thiophene rings is 2. The van der Waals surface area contributed by atoms with Crippen LogP contribution < -0.4 is 0 Å². The summed E-state index contributed by atoms with van der Waals surface area (Å²) in [5.41, 5.74) is 7.55. The van der Waals surface area contributed by atoms with Crippen molar-refractivity contribution in [3.63, 3.8) is 0 Å². The standard InChI is InChI=1S/C48H28S2/c1-2-10-30(11-3-1)45-36-13-4-6-15-38(36)46(39-16-7-5-14-37(39)45)31-20-18-29(19-21-31)32-22-23-33-28-44-42(27-34(33)26-32)41-25-24-40-35-12-8-9-17-43(35)49-47(40)48(41)50-44/h1-28H. The van der Waals surface area contributed by atoms with Crippen LogP contribution in [-0.4, -0.2) is 0 Å². The summed E-state index contributed by atoms with van der Waals surface area (Å²) in [6, 6.07) is 62.9. The molecule has 11 aromatic rings. The molecular weight excluding hydrogens is 641 g/mol. The van der Waals surface area contributed by atoms with Crippen molar-refractivity contribution < 1.29 is 0 Å². The summed E-state index contributed by atoms with van der Waals surface area (Å²) in [7, 11) is 0. The first-order valence-electron chi connectivity index (χ1n) is 17.1. The molecule has 0 aliphatic rings. The Labute approximate surface area is 297 Å². The second kappa shape index (κ2) is 10.9. The van der Waals surface area contributed by atoms with Crippen LogP contribution in [0, 0.1) is 0 Å². The Morgan fingerprint density at radius 1 is 0.260 bits per heavy atom. The van der Waals surface area contributed by atoms with Crippen LogP contribution in [0.5, 0.6) is 0 Å². The fourth-order valence-corrected chi connectivity index (χ4v) is 10.7. The molecule has 9 aromatic carbocycles. The highest BCUT2D eigenvalue weighted by atomic mass is 32.1. The minimum Gasteiger partial charge on any atom is -0.134 e. The second-order valence-corrected chi connectivity index (χ2v) is 15.3. The molecule has 0 bridgehead atoms. The molecule has 0 atom stereocenters. The van der Waals surface area contributed by atoms with E-state index in [-0.39, 0.29) is 0 Å². The highest BCUT2D eigenvalue weighted by Gasteiger charge is 2.17. The summed E-state index contributed by atoms with van der Waals surface area (Å²) in [5, 5.41) is 13.1. The van der Waals surface area contributed by atoms with E-state index in [1.807, 2.05) is 22.7 Å². The molecule has 0 spiro atoms. The van der Waals surface area contributed by atoms with Gasteiger partial charge in [-0.2, -0.15) is 0 Å². The van der Waals surface area contributed by atoms with Crippen LogP contribution in [0.25, 0.3) is 106 Å². The lowest BCUT2D eigenvalue weighted by Crippen LogP contribution is -1.90. The average Bonchev–Trinajstić information content (AvgIpc) is 3.74. The maximum Gasteiger partial charge on any atom is 0.0534 e. The van der Waals surface area contributed by atoms with Crippen LogP contribution in [0.2, 0.25) is 0 Å². The monoisotopic (exact) mass is 668 g/mol. The van der Waals surface area contributed by atoms with Gasteiger partial charge in [-0.3, -0.25) is 0 Å². The Morgan fingerprint density at radius 3 is 1.42 bits per heavy atom. The summed E-state index contributed by atoms with van der Waals surface area (Å²) in [4.78, 5) is 0. The molecule has 0 unspecified atom stereocenters. The number of benzene rings is 9. The van der Waals surface area contributed by atoms with Crippen LogP contribution in [0.3, 0.4) is 0 Å². The Morgan fingerprint density at radius 2 is 0.760 bits per heavy atom. The molecule has 0 N–H and O–H groups in total. The molecule has 2 heterocycles. The topological polar surface area (TPSA) is 0 Å². The van der Waals surface area contributed by atoms with Crippen molar-refractivity contribution in [2.75, 3.05) is 0 Å². The van der Waals surface area contributed by atoms with Crippen molar-refractivity contribution in [2.45, 2.75) is 0 Å². The van der Waals surface area contributed by atoms with Gasteiger partial charge in [0.1, 0.15) is 0 Å². The summed E-state index contributed by atoms with van der Waals surface area (Å²) in [6.45, 7) is 0. The van der Waals surface area contributed by atoms with Gasteiger partial charge in [-0.15, -0.1) is 22.7 Å². The maximum atomic E-state index is 2.41. The van der Waals surface area contributed by atoms with Gasteiger partial charge in [0, 0.05) is 30.9 Å². The van der Waals surface area contributed by atoms with E-state index in [0.717, 1.165) is 0 Å². The highest BCUT2D eigenvalue weighted by molar-refractivity contribution is 7.33. The SMILES string of the molecule is c1ccc(-c2c3ccccc3c(-c3ccc(-c4ccc5cc6sc7c(ccc8c9ccccc9sc87)c6cc5c4)cc3)c3ccccc23)cc1. The van der Waals surface area contributed by atoms with Gasteiger partial charge in [-0.25, -0.2) is 0 Å². The largest absolute Gasteiger partial charge is 0.134 e.